The molecule has 0 N–H and O–H groups in total. The summed E-state index contributed by atoms with van der Waals surface area (Å²) in [5, 5.41) is 10.9. The molecule has 2 aromatic heterocycles. The number of ether oxygens (including phenoxy) is 1. The second kappa shape index (κ2) is 9.51. The second-order valence-corrected chi connectivity index (χ2v) is 8.05. The molecule has 0 fully saturated rings. The van der Waals surface area contributed by atoms with Gasteiger partial charge in [-0.1, -0.05) is 41.0 Å². The zero-order chi connectivity index (χ0) is 20.9. The lowest BCUT2D eigenvalue weighted by Crippen LogP contribution is -2.00. The normalized spacial score (nSPS) is 10.9. The summed E-state index contributed by atoms with van der Waals surface area (Å²) in [6, 6.07) is 17.2. The number of nitrogens with zero attached hydrogens (tertiary/aromatic N) is 4. The molecule has 4 aromatic rings. The van der Waals surface area contributed by atoms with Gasteiger partial charge in [0.1, 0.15) is 5.75 Å². The van der Waals surface area contributed by atoms with Crippen LogP contribution in [0.5, 0.6) is 5.75 Å². The van der Waals surface area contributed by atoms with Gasteiger partial charge < -0.3 is 4.74 Å². The number of pyridine rings is 1. The van der Waals surface area contributed by atoms with Gasteiger partial charge in [-0.25, -0.2) is 0 Å². The van der Waals surface area contributed by atoms with Gasteiger partial charge in [0.25, 0.3) is 0 Å². The van der Waals surface area contributed by atoms with Crippen molar-refractivity contribution in [2.24, 2.45) is 0 Å². The molecule has 0 saturated heterocycles. The summed E-state index contributed by atoms with van der Waals surface area (Å²) in [5.41, 5.74) is 2.73. The fourth-order valence-corrected chi connectivity index (χ4v) is 4.64. The molecule has 2 heterocycles. The molecule has 152 valence electrons. The van der Waals surface area contributed by atoms with Crippen molar-refractivity contribution in [3.63, 3.8) is 0 Å². The molecule has 0 aliphatic heterocycles. The molecule has 0 radical (unpaired) electrons. The molecule has 30 heavy (non-hydrogen) atoms. The van der Waals surface area contributed by atoms with Crippen LogP contribution in [0.25, 0.3) is 17.1 Å². The van der Waals surface area contributed by atoms with Gasteiger partial charge in [0.15, 0.2) is 11.0 Å². The number of halogens is 2. The molecule has 0 atom stereocenters. The quantitative estimate of drug-likeness (QED) is 0.304. The fraction of sp³-hybridized carbons (Fsp3) is 0.136. The summed E-state index contributed by atoms with van der Waals surface area (Å²) >= 11 is 14.2. The van der Waals surface area contributed by atoms with E-state index in [4.69, 9.17) is 27.9 Å². The Hall–Kier alpha value is -2.54. The second-order valence-electron chi connectivity index (χ2n) is 6.29. The average molecular weight is 457 g/mol. The first-order valence-corrected chi connectivity index (χ1v) is 11.1. The van der Waals surface area contributed by atoms with Gasteiger partial charge in [-0.15, -0.1) is 10.2 Å². The zero-order valence-corrected chi connectivity index (χ0v) is 18.5. The van der Waals surface area contributed by atoms with Gasteiger partial charge in [-0.05, 0) is 61.0 Å². The predicted octanol–water partition coefficient (Wildman–Crippen LogP) is 6.33. The van der Waals surface area contributed by atoms with E-state index < -0.39 is 0 Å². The van der Waals surface area contributed by atoms with Crippen LogP contribution in [0, 0.1) is 0 Å². The zero-order valence-electron chi connectivity index (χ0n) is 16.1. The molecular formula is C22H18Cl2N4OS. The van der Waals surface area contributed by atoms with Crippen LogP contribution in [-0.2, 0) is 5.75 Å². The van der Waals surface area contributed by atoms with E-state index in [0.29, 0.717) is 22.4 Å². The molecule has 0 saturated carbocycles. The number of hydrogen-bond donors (Lipinski definition) is 0. The predicted molar refractivity (Wildman–Crippen MR) is 122 cm³/mol. The van der Waals surface area contributed by atoms with E-state index in [-0.39, 0.29) is 0 Å². The Balaban J connectivity index is 1.72. The minimum absolute atomic E-state index is 0.573. The molecule has 0 amide bonds. The Morgan fingerprint density at radius 2 is 1.63 bits per heavy atom. The van der Waals surface area contributed by atoms with Crippen molar-refractivity contribution in [2.45, 2.75) is 17.8 Å². The lowest BCUT2D eigenvalue weighted by atomic mass is 10.2. The van der Waals surface area contributed by atoms with Gasteiger partial charge in [-0.2, -0.15) is 0 Å². The number of aromatic nitrogens is 4. The third-order valence-electron chi connectivity index (χ3n) is 4.39. The highest BCUT2D eigenvalue weighted by Crippen LogP contribution is 2.34. The van der Waals surface area contributed by atoms with Crippen molar-refractivity contribution in [2.75, 3.05) is 6.61 Å². The molecule has 0 unspecified atom stereocenters. The summed E-state index contributed by atoms with van der Waals surface area (Å²) in [4.78, 5) is 4.10. The maximum atomic E-state index is 6.34. The van der Waals surface area contributed by atoms with E-state index in [0.717, 1.165) is 33.5 Å². The maximum absolute atomic E-state index is 6.34. The van der Waals surface area contributed by atoms with E-state index in [1.807, 2.05) is 66.1 Å². The maximum Gasteiger partial charge on any atom is 0.196 e. The molecule has 8 heteroatoms. The summed E-state index contributed by atoms with van der Waals surface area (Å²) in [7, 11) is 0. The number of benzene rings is 2. The number of rotatable bonds is 7. The Morgan fingerprint density at radius 1 is 0.933 bits per heavy atom. The number of thioether (sulfide) groups is 1. The van der Waals surface area contributed by atoms with Gasteiger partial charge >= 0.3 is 0 Å². The van der Waals surface area contributed by atoms with Crippen LogP contribution in [-0.4, -0.2) is 26.4 Å². The molecule has 5 nitrogen and oxygen atoms in total. The first-order chi connectivity index (χ1) is 14.7. The highest BCUT2D eigenvalue weighted by molar-refractivity contribution is 7.98. The summed E-state index contributed by atoms with van der Waals surface area (Å²) in [6.07, 6.45) is 3.48. The molecule has 0 aliphatic rings. The monoisotopic (exact) mass is 456 g/mol. The SMILES string of the molecule is CCOc1ccc(-n2c(SCc3c(Cl)cccc3Cl)nnc2-c2ccncc2)cc1. The van der Waals surface area contributed by atoms with E-state index >= 15 is 0 Å². The van der Waals surface area contributed by atoms with Crippen LogP contribution in [0.15, 0.2) is 72.1 Å². The van der Waals surface area contributed by atoms with Crippen molar-refractivity contribution < 1.29 is 4.74 Å². The topological polar surface area (TPSA) is 52.8 Å². The summed E-state index contributed by atoms with van der Waals surface area (Å²) in [6.45, 7) is 2.58. The Morgan fingerprint density at radius 3 is 2.30 bits per heavy atom. The molecule has 2 aromatic carbocycles. The van der Waals surface area contributed by atoms with Gasteiger partial charge in [0, 0.05) is 39.4 Å². The first-order valence-electron chi connectivity index (χ1n) is 9.32. The van der Waals surface area contributed by atoms with Crippen molar-refractivity contribution >= 4 is 35.0 Å². The lowest BCUT2D eigenvalue weighted by molar-refractivity contribution is 0.340. The standard InChI is InChI=1S/C22H18Cl2N4OS/c1-2-29-17-8-6-16(7-9-17)28-21(15-10-12-25-13-11-15)26-27-22(28)30-14-18-19(23)4-3-5-20(18)24/h3-13H,2,14H2,1H3. The Kier molecular flexibility index (Phi) is 6.57. The summed E-state index contributed by atoms with van der Waals surface area (Å²) < 4.78 is 7.59. The van der Waals surface area contributed by atoms with E-state index in [1.165, 1.54) is 11.8 Å². The van der Waals surface area contributed by atoms with Crippen LogP contribution in [0.1, 0.15) is 12.5 Å². The molecule has 0 aliphatic carbocycles. The lowest BCUT2D eigenvalue weighted by Gasteiger charge is -2.12. The van der Waals surface area contributed by atoms with Crippen molar-refractivity contribution in [1.29, 1.82) is 0 Å². The average Bonchev–Trinajstić information content (AvgIpc) is 3.19. The van der Waals surface area contributed by atoms with Crippen molar-refractivity contribution in [3.05, 3.63) is 82.6 Å². The Labute approximate surface area is 189 Å². The highest BCUT2D eigenvalue weighted by atomic mass is 35.5. The summed E-state index contributed by atoms with van der Waals surface area (Å²) in [5.74, 6) is 2.12. The van der Waals surface area contributed by atoms with Crippen molar-refractivity contribution in [3.8, 4) is 22.8 Å². The third kappa shape index (κ3) is 4.46. The van der Waals surface area contributed by atoms with Crippen molar-refractivity contribution in [1.82, 2.24) is 19.7 Å². The highest BCUT2D eigenvalue weighted by Gasteiger charge is 2.17. The van der Waals surface area contributed by atoms with Crippen LogP contribution < -0.4 is 4.74 Å². The van der Waals surface area contributed by atoms with Gasteiger partial charge in [-0.3, -0.25) is 9.55 Å². The van der Waals surface area contributed by atoms with Gasteiger partial charge in [0.2, 0.25) is 0 Å². The minimum atomic E-state index is 0.573. The van der Waals surface area contributed by atoms with Gasteiger partial charge in [0.05, 0.1) is 6.61 Å². The molecular weight excluding hydrogens is 439 g/mol. The molecule has 0 spiro atoms. The third-order valence-corrected chi connectivity index (χ3v) is 6.05. The first kappa shape index (κ1) is 20.7. The minimum Gasteiger partial charge on any atom is -0.494 e. The van der Waals surface area contributed by atoms with E-state index in [1.54, 1.807) is 12.4 Å². The van der Waals surface area contributed by atoms with Crippen LogP contribution in [0.4, 0.5) is 0 Å². The molecule has 0 bridgehead atoms. The van der Waals surface area contributed by atoms with E-state index in [2.05, 4.69) is 15.2 Å². The van der Waals surface area contributed by atoms with Crippen LogP contribution >= 0.6 is 35.0 Å². The largest absolute Gasteiger partial charge is 0.494 e. The smallest absolute Gasteiger partial charge is 0.196 e. The van der Waals surface area contributed by atoms with Crippen LogP contribution in [0.2, 0.25) is 10.0 Å². The fourth-order valence-electron chi connectivity index (χ4n) is 2.95. The van der Waals surface area contributed by atoms with E-state index in [9.17, 15) is 0 Å². The molecule has 4 rings (SSSR count). The number of hydrogen-bond acceptors (Lipinski definition) is 5. The van der Waals surface area contributed by atoms with Crippen LogP contribution in [0.3, 0.4) is 0 Å². The Bertz CT molecular complexity index is 1110.